The van der Waals surface area contributed by atoms with Gasteiger partial charge >= 0.3 is 0 Å². The van der Waals surface area contributed by atoms with E-state index in [0.29, 0.717) is 0 Å². The predicted molar refractivity (Wildman–Crippen MR) is 56.7 cm³/mol. The molecule has 1 aromatic heterocycles. The maximum absolute atomic E-state index is 11.4. The van der Waals surface area contributed by atoms with Gasteiger partial charge in [-0.25, -0.2) is 0 Å². The lowest BCUT2D eigenvalue weighted by molar-refractivity contribution is 0.846. The zero-order valence-electron chi connectivity index (χ0n) is 8.32. The van der Waals surface area contributed by atoms with Crippen LogP contribution in [0.25, 0.3) is 0 Å². The molecule has 0 N–H and O–H groups in total. The lowest BCUT2D eigenvalue weighted by atomic mass is 10.1. The topological polar surface area (TPSA) is 34.4 Å². The van der Waals surface area contributed by atoms with Gasteiger partial charge in [-0.05, 0) is 13.0 Å². The van der Waals surface area contributed by atoms with Crippen molar-refractivity contribution in [3.8, 4) is 0 Å². The van der Waals surface area contributed by atoms with Crippen LogP contribution in [0.4, 0.5) is 0 Å². The van der Waals surface area contributed by atoms with E-state index in [-0.39, 0.29) is 5.56 Å². The summed E-state index contributed by atoms with van der Waals surface area (Å²) in [7, 11) is 1.77. The van der Waals surface area contributed by atoms with Crippen LogP contribution in [0.1, 0.15) is 17.5 Å². The van der Waals surface area contributed by atoms with Gasteiger partial charge in [0.2, 0.25) is 0 Å². The summed E-state index contributed by atoms with van der Waals surface area (Å²) in [4.78, 5) is 15.7. The van der Waals surface area contributed by atoms with Crippen LogP contribution >= 0.6 is 0 Å². The number of aromatic nitrogens is 1. The Hall–Kier alpha value is -1.64. The smallest absolute Gasteiger partial charge is 0.253 e. The molecule has 0 radical (unpaired) electrons. The molecule has 0 bridgehead atoms. The molecular formula is C11H12N2O. The second kappa shape index (κ2) is 3.25. The summed E-state index contributed by atoms with van der Waals surface area (Å²) in [5.74, 6) is 0. The summed E-state index contributed by atoms with van der Waals surface area (Å²) in [6.45, 7) is 1.83. The van der Waals surface area contributed by atoms with Crippen LogP contribution in [0.5, 0.6) is 0 Å². The fraction of sp³-hybridized carbons (Fsp3) is 0.273. The Labute approximate surface area is 82.4 Å². The summed E-state index contributed by atoms with van der Waals surface area (Å²) in [6, 6.07) is 1.90. The summed E-state index contributed by atoms with van der Waals surface area (Å²) >= 11 is 0. The van der Waals surface area contributed by atoms with Crippen LogP contribution in [-0.2, 0) is 7.05 Å². The Morgan fingerprint density at radius 3 is 2.86 bits per heavy atom. The van der Waals surface area contributed by atoms with E-state index in [1.165, 1.54) is 0 Å². The zero-order chi connectivity index (χ0) is 10.1. The van der Waals surface area contributed by atoms with Crippen LogP contribution < -0.4 is 5.56 Å². The summed E-state index contributed by atoms with van der Waals surface area (Å²) < 4.78 is 1.60. The Kier molecular flexibility index (Phi) is 2.08. The summed E-state index contributed by atoms with van der Waals surface area (Å²) in [5.41, 5.74) is 2.89. The Morgan fingerprint density at radius 1 is 1.50 bits per heavy atom. The minimum absolute atomic E-state index is 0.0558. The largest absolute Gasteiger partial charge is 0.318 e. The predicted octanol–water partition coefficient (Wildman–Crippen LogP) is 1.40. The maximum atomic E-state index is 11.4. The van der Waals surface area contributed by atoms with Crippen molar-refractivity contribution in [1.82, 2.24) is 4.57 Å². The van der Waals surface area contributed by atoms with Gasteiger partial charge in [0, 0.05) is 37.0 Å². The van der Waals surface area contributed by atoms with Crippen LogP contribution in [0.2, 0.25) is 0 Å². The van der Waals surface area contributed by atoms with Gasteiger partial charge in [-0.2, -0.15) is 0 Å². The average Bonchev–Trinajstić information content (AvgIpc) is 2.66. The van der Waals surface area contributed by atoms with Crippen molar-refractivity contribution in [1.29, 1.82) is 0 Å². The zero-order valence-corrected chi connectivity index (χ0v) is 8.32. The molecule has 14 heavy (non-hydrogen) atoms. The number of hydrogen-bond donors (Lipinski definition) is 0. The molecule has 2 heterocycles. The number of hydrogen-bond acceptors (Lipinski definition) is 2. The summed E-state index contributed by atoms with van der Waals surface area (Å²) in [6.07, 6.45) is 6.50. The molecule has 3 nitrogen and oxygen atoms in total. The Morgan fingerprint density at radius 2 is 2.29 bits per heavy atom. The van der Waals surface area contributed by atoms with Gasteiger partial charge in [0.1, 0.15) is 0 Å². The first-order chi connectivity index (χ1) is 6.68. The number of nitrogens with zero attached hydrogens (tertiary/aromatic N) is 2. The number of pyridine rings is 1. The SMILES string of the molecule is Cc1cc(C2=NC=CC2)cn(C)c1=O. The number of allylic oxidation sites excluding steroid dienone is 1. The number of rotatable bonds is 1. The minimum atomic E-state index is 0.0558. The molecule has 0 amide bonds. The minimum Gasteiger partial charge on any atom is -0.318 e. The second-order valence-electron chi connectivity index (χ2n) is 3.49. The molecule has 0 atom stereocenters. The van der Waals surface area contributed by atoms with Crippen LogP contribution in [-0.4, -0.2) is 10.3 Å². The Balaban J connectivity index is 2.51. The van der Waals surface area contributed by atoms with E-state index < -0.39 is 0 Å². The molecule has 1 aliphatic rings. The number of aryl methyl sites for hydroxylation is 2. The molecule has 0 aliphatic carbocycles. The third-order valence-electron chi connectivity index (χ3n) is 2.34. The third kappa shape index (κ3) is 1.41. The van der Waals surface area contributed by atoms with E-state index in [9.17, 15) is 4.79 Å². The van der Waals surface area contributed by atoms with E-state index in [2.05, 4.69) is 4.99 Å². The van der Waals surface area contributed by atoms with Crippen molar-refractivity contribution < 1.29 is 0 Å². The molecular weight excluding hydrogens is 176 g/mol. The van der Waals surface area contributed by atoms with Crippen molar-refractivity contribution in [3.05, 3.63) is 46.0 Å². The van der Waals surface area contributed by atoms with Gasteiger partial charge in [-0.1, -0.05) is 6.08 Å². The van der Waals surface area contributed by atoms with Crippen molar-refractivity contribution in [3.63, 3.8) is 0 Å². The van der Waals surface area contributed by atoms with E-state index in [1.807, 2.05) is 25.3 Å². The highest BCUT2D eigenvalue weighted by Gasteiger charge is 2.07. The molecule has 1 aliphatic heterocycles. The van der Waals surface area contributed by atoms with Gasteiger partial charge in [-0.3, -0.25) is 9.79 Å². The first kappa shape index (κ1) is 8.94. The van der Waals surface area contributed by atoms with Crippen LogP contribution in [0.3, 0.4) is 0 Å². The molecule has 1 aromatic rings. The summed E-state index contributed by atoms with van der Waals surface area (Å²) in [5, 5.41) is 0. The first-order valence-electron chi connectivity index (χ1n) is 4.58. The molecule has 0 saturated carbocycles. The first-order valence-corrected chi connectivity index (χ1v) is 4.58. The monoisotopic (exact) mass is 188 g/mol. The molecule has 0 spiro atoms. The fourth-order valence-electron chi connectivity index (χ4n) is 1.59. The normalized spacial score (nSPS) is 14.6. The lowest BCUT2D eigenvalue weighted by Crippen LogP contribution is -2.20. The van der Waals surface area contributed by atoms with Crippen molar-refractivity contribution in [2.45, 2.75) is 13.3 Å². The molecule has 0 fully saturated rings. The highest BCUT2D eigenvalue weighted by molar-refractivity contribution is 6.02. The maximum Gasteiger partial charge on any atom is 0.253 e. The van der Waals surface area contributed by atoms with Gasteiger partial charge in [-0.15, -0.1) is 0 Å². The van der Waals surface area contributed by atoms with Gasteiger partial charge < -0.3 is 4.57 Å². The van der Waals surface area contributed by atoms with E-state index >= 15 is 0 Å². The fourth-order valence-corrected chi connectivity index (χ4v) is 1.59. The standard InChI is InChI=1S/C11H12N2O/c1-8-6-9(7-13(2)11(8)14)10-4-3-5-12-10/h3,5-7H,4H2,1-2H3. The molecule has 0 unspecified atom stereocenters. The van der Waals surface area contributed by atoms with Gasteiger partial charge in [0.25, 0.3) is 5.56 Å². The van der Waals surface area contributed by atoms with Crippen molar-refractivity contribution in [2.24, 2.45) is 12.0 Å². The molecule has 3 heteroatoms. The molecule has 0 saturated heterocycles. The molecule has 2 rings (SSSR count). The molecule has 0 aromatic carbocycles. The van der Waals surface area contributed by atoms with E-state index in [0.717, 1.165) is 23.3 Å². The van der Waals surface area contributed by atoms with Crippen molar-refractivity contribution >= 4 is 5.71 Å². The lowest BCUT2D eigenvalue weighted by Gasteiger charge is -2.05. The Bertz CT molecular complexity index is 454. The van der Waals surface area contributed by atoms with E-state index in [1.54, 1.807) is 17.8 Å². The average molecular weight is 188 g/mol. The van der Waals surface area contributed by atoms with Gasteiger partial charge in [0.15, 0.2) is 0 Å². The highest BCUT2D eigenvalue weighted by Crippen LogP contribution is 2.10. The van der Waals surface area contributed by atoms with E-state index in [4.69, 9.17) is 0 Å². The second-order valence-corrected chi connectivity index (χ2v) is 3.49. The van der Waals surface area contributed by atoms with Gasteiger partial charge in [0.05, 0.1) is 5.71 Å². The highest BCUT2D eigenvalue weighted by atomic mass is 16.1. The third-order valence-corrected chi connectivity index (χ3v) is 2.34. The van der Waals surface area contributed by atoms with Crippen LogP contribution in [0, 0.1) is 6.92 Å². The van der Waals surface area contributed by atoms with Crippen LogP contribution in [0.15, 0.2) is 34.3 Å². The quantitative estimate of drug-likeness (QED) is 0.656. The van der Waals surface area contributed by atoms with Crippen molar-refractivity contribution in [2.75, 3.05) is 0 Å². The molecule has 72 valence electrons. The number of aliphatic imine (C=N–C) groups is 1.